The quantitative estimate of drug-likeness (QED) is 0.711. The fourth-order valence-electron chi connectivity index (χ4n) is 3.11. The zero-order valence-electron chi connectivity index (χ0n) is 15.5. The number of amides is 1. The summed E-state index contributed by atoms with van der Waals surface area (Å²) in [6.07, 6.45) is 0. The monoisotopic (exact) mass is 374 g/mol. The number of para-hydroxylation sites is 3. The highest BCUT2D eigenvalue weighted by atomic mass is 16.5. The fourth-order valence-corrected chi connectivity index (χ4v) is 3.11. The lowest BCUT2D eigenvalue weighted by molar-refractivity contribution is 0.102. The average Bonchev–Trinajstić information content (AvgIpc) is 2.76. The first-order chi connectivity index (χ1) is 13.8. The molecule has 1 heterocycles. The van der Waals surface area contributed by atoms with Crippen LogP contribution in [0.1, 0.15) is 10.4 Å². The lowest BCUT2D eigenvalue weighted by Crippen LogP contribution is -2.36. The molecule has 1 N–H and O–H groups in total. The van der Waals surface area contributed by atoms with E-state index in [1.807, 2.05) is 78.9 Å². The molecule has 0 radical (unpaired) electrons. The minimum atomic E-state index is -0.169. The molecule has 0 aromatic heterocycles. The van der Waals surface area contributed by atoms with E-state index in [0.29, 0.717) is 17.0 Å². The van der Waals surface area contributed by atoms with Gasteiger partial charge in [0.05, 0.1) is 18.9 Å². The highest BCUT2D eigenvalue weighted by molar-refractivity contribution is 6.05. The van der Waals surface area contributed by atoms with Crippen LogP contribution in [0.4, 0.5) is 11.4 Å². The van der Waals surface area contributed by atoms with Crippen LogP contribution in [0.2, 0.25) is 0 Å². The lowest BCUT2D eigenvalue weighted by atomic mass is 10.1. The van der Waals surface area contributed by atoms with Crippen LogP contribution in [0.25, 0.3) is 0 Å². The molecule has 3 aromatic rings. The van der Waals surface area contributed by atoms with E-state index >= 15 is 0 Å². The number of morpholine rings is 1. The van der Waals surface area contributed by atoms with E-state index in [1.54, 1.807) is 0 Å². The molecule has 0 unspecified atom stereocenters. The maximum absolute atomic E-state index is 12.7. The lowest BCUT2D eigenvalue weighted by Gasteiger charge is -2.28. The molecule has 1 aliphatic rings. The zero-order chi connectivity index (χ0) is 19.2. The first-order valence-corrected chi connectivity index (χ1v) is 9.36. The van der Waals surface area contributed by atoms with Crippen LogP contribution in [0.15, 0.2) is 78.9 Å². The van der Waals surface area contributed by atoms with Crippen molar-refractivity contribution in [3.63, 3.8) is 0 Å². The molecule has 0 bridgehead atoms. The molecule has 1 fully saturated rings. The molecule has 0 spiro atoms. The Morgan fingerprint density at radius 2 is 1.54 bits per heavy atom. The Labute approximate surface area is 164 Å². The number of hydrogen-bond acceptors (Lipinski definition) is 4. The topological polar surface area (TPSA) is 50.8 Å². The molecule has 4 rings (SSSR count). The number of carbonyl (C=O) groups is 1. The van der Waals surface area contributed by atoms with E-state index in [4.69, 9.17) is 9.47 Å². The molecular formula is C23H22N2O3. The minimum Gasteiger partial charge on any atom is -0.455 e. The number of rotatable bonds is 5. The van der Waals surface area contributed by atoms with Crippen molar-refractivity contribution >= 4 is 17.3 Å². The third-order valence-corrected chi connectivity index (χ3v) is 4.61. The second kappa shape index (κ2) is 8.59. The number of carbonyl (C=O) groups excluding carboxylic acids is 1. The molecule has 1 saturated heterocycles. The van der Waals surface area contributed by atoms with Gasteiger partial charge in [-0.15, -0.1) is 0 Å². The van der Waals surface area contributed by atoms with Crippen molar-refractivity contribution in [3.8, 4) is 11.5 Å². The standard InChI is InChI=1S/C23H22N2O3/c26-23(18-10-12-19(13-11-18)25-14-16-27-17-15-25)24-21-8-4-5-9-22(21)28-20-6-2-1-3-7-20/h1-13H,14-17H2,(H,24,26). The van der Waals surface area contributed by atoms with Crippen LogP contribution < -0.4 is 15.0 Å². The van der Waals surface area contributed by atoms with Crippen molar-refractivity contribution in [1.82, 2.24) is 0 Å². The van der Waals surface area contributed by atoms with Gasteiger partial charge in [-0.2, -0.15) is 0 Å². The molecule has 1 amide bonds. The van der Waals surface area contributed by atoms with Gasteiger partial charge < -0.3 is 19.7 Å². The maximum Gasteiger partial charge on any atom is 0.255 e. The summed E-state index contributed by atoms with van der Waals surface area (Å²) in [7, 11) is 0. The second-order valence-corrected chi connectivity index (χ2v) is 6.51. The van der Waals surface area contributed by atoms with Gasteiger partial charge in [0.15, 0.2) is 5.75 Å². The number of ether oxygens (including phenoxy) is 2. The molecule has 5 heteroatoms. The van der Waals surface area contributed by atoms with Gasteiger partial charge in [0.25, 0.3) is 5.91 Å². The smallest absolute Gasteiger partial charge is 0.255 e. The van der Waals surface area contributed by atoms with E-state index < -0.39 is 0 Å². The SMILES string of the molecule is O=C(Nc1ccccc1Oc1ccccc1)c1ccc(N2CCOCC2)cc1. The fraction of sp³-hybridized carbons (Fsp3) is 0.174. The summed E-state index contributed by atoms with van der Waals surface area (Å²) in [5.41, 5.74) is 2.34. The summed E-state index contributed by atoms with van der Waals surface area (Å²) in [5.74, 6) is 1.16. The summed E-state index contributed by atoms with van der Waals surface area (Å²) < 4.78 is 11.3. The van der Waals surface area contributed by atoms with Crippen LogP contribution >= 0.6 is 0 Å². The van der Waals surface area contributed by atoms with Gasteiger partial charge in [0.2, 0.25) is 0 Å². The van der Waals surface area contributed by atoms with Crippen LogP contribution in [0.3, 0.4) is 0 Å². The summed E-state index contributed by atoms with van der Waals surface area (Å²) in [4.78, 5) is 15.0. The summed E-state index contributed by atoms with van der Waals surface area (Å²) >= 11 is 0. The summed E-state index contributed by atoms with van der Waals surface area (Å²) in [6.45, 7) is 3.21. The molecule has 3 aromatic carbocycles. The molecule has 0 saturated carbocycles. The van der Waals surface area contributed by atoms with Crippen molar-refractivity contribution in [2.75, 3.05) is 36.5 Å². The largest absolute Gasteiger partial charge is 0.455 e. The first-order valence-electron chi connectivity index (χ1n) is 9.36. The Morgan fingerprint density at radius 1 is 0.857 bits per heavy atom. The third-order valence-electron chi connectivity index (χ3n) is 4.61. The number of nitrogens with one attached hydrogen (secondary N) is 1. The Bertz CT molecular complexity index is 920. The Hall–Kier alpha value is -3.31. The minimum absolute atomic E-state index is 0.169. The van der Waals surface area contributed by atoms with Gasteiger partial charge >= 0.3 is 0 Å². The normalized spacial score (nSPS) is 13.8. The highest BCUT2D eigenvalue weighted by Gasteiger charge is 2.13. The van der Waals surface area contributed by atoms with Gasteiger partial charge in [-0.1, -0.05) is 30.3 Å². The molecule has 28 heavy (non-hydrogen) atoms. The molecule has 142 valence electrons. The van der Waals surface area contributed by atoms with E-state index in [1.165, 1.54) is 0 Å². The Kier molecular flexibility index (Phi) is 5.54. The van der Waals surface area contributed by atoms with E-state index in [-0.39, 0.29) is 5.91 Å². The number of anilines is 2. The summed E-state index contributed by atoms with van der Waals surface area (Å²) in [5, 5.41) is 2.95. The van der Waals surface area contributed by atoms with E-state index in [9.17, 15) is 4.79 Å². The molecular weight excluding hydrogens is 352 g/mol. The van der Waals surface area contributed by atoms with Crippen LogP contribution in [0, 0.1) is 0 Å². The third kappa shape index (κ3) is 4.32. The average molecular weight is 374 g/mol. The van der Waals surface area contributed by atoms with Gasteiger partial charge in [-0.3, -0.25) is 4.79 Å². The number of hydrogen-bond donors (Lipinski definition) is 1. The van der Waals surface area contributed by atoms with Crippen molar-refractivity contribution in [2.45, 2.75) is 0 Å². The second-order valence-electron chi connectivity index (χ2n) is 6.51. The van der Waals surface area contributed by atoms with Crippen molar-refractivity contribution in [1.29, 1.82) is 0 Å². The molecule has 1 aliphatic heterocycles. The predicted molar refractivity (Wildman–Crippen MR) is 110 cm³/mol. The van der Waals surface area contributed by atoms with Crippen LogP contribution in [0.5, 0.6) is 11.5 Å². The predicted octanol–water partition coefficient (Wildman–Crippen LogP) is 4.57. The summed E-state index contributed by atoms with van der Waals surface area (Å²) in [6, 6.07) is 24.6. The van der Waals surface area contributed by atoms with Gasteiger partial charge in [0, 0.05) is 24.3 Å². The van der Waals surface area contributed by atoms with Gasteiger partial charge in [0.1, 0.15) is 5.75 Å². The molecule has 0 atom stereocenters. The Balaban J connectivity index is 1.46. The van der Waals surface area contributed by atoms with Crippen molar-refractivity contribution < 1.29 is 14.3 Å². The first kappa shape index (κ1) is 18.1. The van der Waals surface area contributed by atoms with E-state index in [2.05, 4.69) is 10.2 Å². The zero-order valence-corrected chi connectivity index (χ0v) is 15.5. The van der Waals surface area contributed by atoms with E-state index in [0.717, 1.165) is 37.7 Å². The number of nitrogens with zero attached hydrogens (tertiary/aromatic N) is 1. The van der Waals surface area contributed by atoms with Crippen molar-refractivity contribution in [3.05, 3.63) is 84.4 Å². The number of benzene rings is 3. The van der Waals surface area contributed by atoms with Gasteiger partial charge in [-0.25, -0.2) is 0 Å². The Morgan fingerprint density at radius 3 is 2.29 bits per heavy atom. The highest BCUT2D eigenvalue weighted by Crippen LogP contribution is 2.29. The van der Waals surface area contributed by atoms with Crippen LogP contribution in [-0.4, -0.2) is 32.2 Å². The maximum atomic E-state index is 12.7. The van der Waals surface area contributed by atoms with Crippen molar-refractivity contribution in [2.24, 2.45) is 0 Å². The molecule has 0 aliphatic carbocycles. The van der Waals surface area contributed by atoms with Crippen LogP contribution in [-0.2, 0) is 4.74 Å². The van der Waals surface area contributed by atoms with Gasteiger partial charge in [-0.05, 0) is 48.5 Å². The molecule has 5 nitrogen and oxygen atoms in total.